The molecule has 0 radical (unpaired) electrons. The fraction of sp³-hybridized carbons (Fsp3) is 0.455. The van der Waals surface area contributed by atoms with E-state index in [4.69, 9.17) is 9.47 Å². The molecule has 0 bridgehead atoms. The van der Waals surface area contributed by atoms with Crippen molar-refractivity contribution in [2.45, 2.75) is 55.4 Å². The Kier molecular flexibility index (Phi) is 5.60. The molecule has 0 unspecified atom stereocenters. The first-order valence-corrected chi connectivity index (χ1v) is 11.5. The summed E-state index contributed by atoms with van der Waals surface area (Å²) in [7, 11) is -1.97. The standard InChI is InChI=1S/C22H27NO4S/c1-26-20-9-12-22-18(14-20)13-19(15-27-22)23-28(24,25)21-10-7-17(8-11-21)16-5-3-2-4-6-16/h7-12,14,16,19,23H,2-6,13,15H2,1H3/t19-/m0/s1. The van der Waals surface area contributed by atoms with Crippen LogP contribution in [0.2, 0.25) is 0 Å². The number of hydrogen-bond donors (Lipinski definition) is 1. The number of ether oxygens (including phenoxy) is 2. The molecule has 5 nitrogen and oxygen atoms in total. The molecular weight excluding hydrogens is 374 g/mol. The van der Waals surface area contributed by atoms with Gasteiger partial charge in [-0.05, 0) is 66.6 Å². The van der Waals surface area contributed by atoms with Gasteiger partial charge in [-0.25, -0.2) is 13.1 Å². The average molecular weight is 402 g/mol. The predicted molar refractivity (Wildman–Crippen MR) is 109 cm³/mol. The van der Waals surface area contributed by atoms with E-state index in [1.165, 1.54) is 37.7 Å². The maximum atomic E-state index is 12.8. The predicted octanol–water partition coefficient (Wildman–Crippen LogP) is 4.02. The molecule has 1 aliphatic carbocycles. The third-order valence-electron chi connectivity index (χ3n) is 5.76. The van der Waals surface area contributed by atoms with Crippen molar-refractivity contribution in [3.05, 3.63) is 53.6 Å². The molecule has 2 aromatic carbocycles. The Morgan fingerprint density at radius 3 is 2.50 bits per heavy atom. The van der Waals surface area contributed by atoms with Gasteiger partial charge in [-0.15, -0.1) is 0 Å². The second kappa shape index (κ2) is 8.13. The molecule has 6 heteroatoms. The summed E-state index contributed by atoms with van der Waals surface area (Å²) in [6.45, 7) is 0.318. The number of rotatable bonds is 5. The second-order valence-electron chi connectivity index (χ2n) is 7.71. The first kappa shape index (κ1) is 19.3. The van der Waals surface area contributed by atoms with E-state index in [9.17, 15) is 8.42 Å². The van der Waals surface area contributed by atoms with E-state index in [1.807, 2.05) is 30.3 Å². The molecule has 1 N–H and O–H groups in total. The van der Waals surface area contributed by atoms with E-state index in [2.05, 4.69) is 4.72 Å². The maximum absolute atomic E-state index is 12.8. The lowest BCUT2D eigenvalue weighted by Crippen LogP contribution is -2.42. The molecule has 4 rings (SSSR count). The van der Waals surface area contributed by atoms with Crippen LogP contribution in [0, 0.1) is 0 Å². The molecule has 1 saturated carbocycles. The lowest BCUT2D eigenvalue weighted by atomic mass is 9.84. The summed E-state index contributed by atoms with van der Waals surface area (Å²) in [5, 5.41) is 0. The molecule has 0 amide bonds. The van der Waals surface area contributed by atoms with Gasteiger partial charge in [0.1, 0.15) is 18.1 Å². The number of methoxy groups -OCH3 is 1. The largest absolute Gasteiger partial charge is 0.497 e. The summed E-state index contributed by atoms with van der Waals surface area (Å²) >= 11 is 0. The van der Waals surface area contributed by atoms with Crippen molar-refractivity contribution in [2.75, 3.05) is 13.7 Å². The van der Waals surface area contributed by atoms with Gasteiger partial charge in [0, 0.05) is 0 Å². The van der Waals surface area contributed by atoms with Crippen LogP contribution in [0.3, 0.4) is 0 Å². The van der Waals surface area contributed by atoms with Crippen molar-refractivity contribution in [3.8, 4) is 11.5 Å². The molecule has 2 aliphatic rings. The molecule has 28 heavy (non-hydrogen) atoms. The Morgan fingerprint density at radius 2 is 1.79 bits per heavy atom. The number of fused-ring (bicyclic) bond motifs is 1. The van der Waals surface area contributed by atoms with Crippen molar-refractivity contribution in [2.24, 2.45) is 0 Å². The van der Waals surface area contributed by atoms with E-state index in [-0.39, 0.29) is 6.04 Å². The van der Waals surface area contributed by atoms with Crippen molar-refractivity contribution >= 4 is 10.0 Å². The molecule has 1 atom stereocenters. The Bertz CT molecular complexity index is 918. The zero-order chi connectivity index (χ0) is 19.6. The zero-order valence-corrected chi connectivity index (χ0v) is 17.0. The Hall–Kier alpha value is -2.05. The van der Waals surface area contributed by atoms with Crippen LogP contribution >= 0.6 is 0 Å². The second-order valence-corrected chi connectivity index (χ2v) is 9.42. The fourth-order valence-corrected chi connectivity index (χ4v) is 5.44. The Labute approximate surface area is 167 Å². The van der Waals surface area contributed by atoms with Crippen LogP contribution in [-0.4, -0.2) is 28.2 Å². The number of sulfonamides is 1. The molecule has 150 valence electrons. The highest BCUT2D eigenvalue weighted by Crippen LogP contribution is 2.33. The van der Waals surface area contributed by atoms with Crippen molar-refractivity contribution in [1.82, 2.24) is 4.72 Å². The maximum Gasteiger partial charge on any atom is 0.240 e. The van der Waals surface area contributed by atoms with E-state index < -0.39 is 10.0 Å². The van der Waals surface area contributed by atoms with Gasteiger partial charge in [0.15, 0.2) is 0 Å². The van der Waals surface area contributed by atoms with E-state index in [1.54, 1.807) is 19.2 Å². The molecule has 2 aromatic rings. The number of hydrogen-bond acceptors (Lipinski definition) is 4. The Balaban J connectivity index is 1.45. The average Bonchev–Trinajstić information content (AvgIpc) is 2.73. The highest BCUT2D eigenvalue weighted by Gasteiger charge is 2.26. The molecule has 1 heterocycles. The van der Waals surface area contributed by atoms with Gasteiger partial charge in [0.05, 0.1) is 18.0 Å². The first-order valence-electron chi connectivity index (χ1n) is 9.97. The molecule has 0 aromatic heterocycles. The van der Waals surface area contributed by atoms with Crippen LogP contribution in [0.4, 0.5) is 0 Å². The van der Waals surface area contributed by atoms with Gasteiger partial charge in [-0.2, -0.15) is 0 Å². The fourth-order valence-electron chi connectivity index (χ4n) is 4.22. The van der Waals surface area contributed by atoms with Crippen molar-refractivity contribution < 1.29 is 17.9 Å². The van der Waals surface area contributed by atoms with Crippen LogP contribution in [0.5, 0.6) is 11.5 Å². The van der Waals surface area contributed by atoms with Gasteiger partial charge in [0.25, 0.3) is 0 Å². The molecule has 1 fully saturated rings. The monoisotopic (exact) mass is 401 g/mol. The summed E-state index contributed by atoms with van der Waals surface area (Å²) in [5.74, 6) is 2.09. The van der Waals surface area contributed by atoms with Crippen molar-refractivity contribution in [3.63, 3.8) is 0 Å². The summed E-state index contributed by atoms with van der Waals surface area (Å²) < 4.78 is 39.4. The normalized spacial score (nSPS) is 20.2. The van der Waals surface area contributed by atoms with Crippen molar-refractivity contribution in [1.29, 1.82) is 0 Å². The summed E-state index contributed by atoms with van der Waals surface area (Å²) in [6, 6.07) is 12.7. The highest BCUT2D eigenvalue weighted by molar-refractivity contribution is 7.89. The van der Waals surface area contributed by atoms with Crippen LogP contribution in [0.25, 0.3) is 0 Å². The number of nitrogens with one attached hydrogen (secondary N) is 1. The van der Waals surface area contributed by atoms with Crippen LogP contribution in [0.1, 0.15) is 49.1 Å². The van der Waals surface area contributed by atoms with E-state index in [0.717, 1.165) is 17.1 Å². The van der Waals surface area contributed by atoms with Gasteiger partial charge in [0.2, 0.25) is 10.0 Å². The third kappa shape index (κ3) is 4.18. The topological polar surface area (TPSA) is 64.6 Å². The van der Waals surface area contributed by atoms with Gasteiger partial charge in [-0.3, -0.25) is 0 Å². The molecule has 0 spiro atoms. The van der Waals surface area contributed by atoms with Gasteiger partial charge >= 0.3 is 0 Å². The zero-order valence-electron chi connectivity index (χ0n) is 16.2. The molecule has 0 saturated heterocycles. The highest BCUT2D eigenvalue weighted by atomic mass is 32.2. The minimum absolute atomic E-state index is 0.303. The van der Waals surface area contributed by atoms with E-state index >= 15 is 0 Å². The minimum Gasteiger partial charge on any atom is -0.497 e. The summed E-state index contributed by atoms with van der Waals surface area (Å²) in [5.41, 5.74) is 2.20. The first-order chi connectivity index (χ1) is 13.5. The van der Waals surface area contributed by atoms with Crippen LogP contribution < -0.4 is 14.2 Å². The van der Waals surface area contributed by atoms with Crippen LogP contribution in [-0.2, 0) is 16.4 Å². The van der Waals surface area contributed by atoms with Crippen LogP contribution in [0.15, 0.2) is 47.4 Å². The smallest absolute Gasteiger partial charge is 0.240 e. The van der Waals surface area contributed by atoms with Gasteiger partial charge < -0.3 is 9.47 Å². The third-order valence-corrected chi connectivity index (χ3v) is 7.30. The lowest BCUT2D eigenvalue weighted by molar-refractivity contribution is 0.253. The summed E-state index contributed by atoms with van der Waals surface area (Å²) in [4.78, 5) is 0.309. The molecule has 1 aliphatic heterocycles. The number of benzene rings is 2. The van der Waals surface area contributed by atoms with Gasteiger partial charge in [-0.1, -0.05) is 31.4 Å². The lowest BCUT2D eigenvalue weighted by Gasteiger charge is -2.26. The van der Waals surface area contributed by atoms with E-state index in [0.29, 0.717) is 23.8 Å². The summed E-state index contributed by atoms with van der Waals surface area (Å²) in [6.07, 6.45) is 6.82. The quantitative estimate of drug-likeness (QED) is 0.822. The Morgan fingerprint density at radius 1 is 1.04 bits per heavy atom. The SMILES string of the molecule is COc1ccc2c(c1)C[C@H](NS(=O)(=O)c1ccc(C3CCCCC3)cc1)CO2. The minimum atomic E-state index is -3.59. The molecular formula is C22H27NO4S.